The predicted octanol–water partition coefficient (Wildman–Crippen LogP) is 4.67. The Morgan fingerprint density at radius 2 is 2.10 bits per heavy atom. The summed E-state index contributed by atoms with van der Waals surface area (Å²) in [6, 6.07) is 11.2. The molecule has 1 aromatic carbocycles. The van der Waals surface area contributed by atoms with Gasteiger partial charge in [-0.3, -0.25) is 9.78 Å². The number of hydrogen-bond donors (Lipinski definition) is 1. The van der Waals surface area contributed by atoms with E-state index in [1.165, 1.54) is 0 Å². The molecule has 0 spiro atoms. The molecule has 160 valence electrons. The van der Waals surface area contributed by atoms with E-state index in [0.717, 1.165) is 36.3 Å². The number of carbonyl (C=O) groups excluding carboxylic acids is 1. The average Bonchev–Trinajstić information content (AvgIpc) is 2.79. The first-order valence-corrected chi connectivity index (χ1v) is 10.6. The van der Waals surface area contributed by atoms with Gasteiger partial charge in [0.2, 0.25) is 5.91 Å². The highest BCUT2D eigenvalue weighted by Gasteiger charge is 2.26. The quantitative estimate of drug-likeness (QED) is 0.624. The van der Waals surface area contributed by atoms with Crippen LogP contribution in [0.2, 0.25) is 5.02 Å². The van der Waals surface area contributed by atoms with Crippen LogP contribution in [0, 0.1) is 0 Å². The molecular formula is C23H24ClN5O2. The van der Waals surface area contributed by atoms with E-state index >= 15 is 0 Å². The van der Waals surface area contributed by atoms with Gasteiger partial charge in [0.1, 0.15) is 17.4 Å². The number of piperidine rings is 1. The van der Waals surface area contributed by atoms with Crippen molar-refractivity contribution in [3.05, 3.63) is 59.6 Å². The van der Waals surface area contributed by atoms with Gasteiger partial charge >= 0.3 is 0 Å². The van der Waals surface area contributed by atoms with E-state index in [-0.39, 0.29) is 11.8 Å². The van der Waals surface area contributed by atoms with E-state index < -0.39 is 0 Å². The van der Waals surface area contributed by atoms with Crippen LogP contribution in [-0.4, -0.2) is 46.0 Å². The number of amides is 1. The molecule has 3 aromatic rings. The summed E-state index contributed by atoms with van der Waals surface area (Å²) in [4.78, 5) is 27.7. The SMILES string of the molecule is COc1cncc(-c2cc(Nc3cccc(Cl)c3)nc([C@@H]3CCCN(C(C)=O)C3)n2)c1. The smallest absolute Gasteiger partial charge is 0.219 e. The summed E-state index contributed by atoms with van der Waals surface area (Å²) in [6.45, 7) is 3.00. The average molecular weight is 438 g/mol. The van der Waals surface area contributed by atoms with Gasteiger partial charge in [0, 0.05) is 54.5 Å². The van der Waals surface area contributed by atoms with Crippen LogP contribution in [0.5, 0.6) is 5.75 Å². The lowest BCUT2D eigenvalue weighted by atomic mass is 9.97. The van der Waals surface area contributed by atoms with E-state index in [2.05, 4.69) is 10.3 Å². The van der Waals surface area contributed by atoms with Crippen molar-refractivity contribution in [2.45, 2.75) is 25.7 Å². The fraction of sp³-hybridized carbons (Fsp3) is 0.304. The lowest BCUT2D eigenvalue weighted by molar-refractivity contribution is -0.130. The Kier molecular flexibility index (Phi) is 6.32. The number of nitrogens with one attached hydrogen (secondary N) is 1. The van der Waals surface area contributed by atoms with Gasteiger partial charge in [0.25, 0.3) is 0 Å². The number of aromatic nitrogens is 3. The molecule has 7 nitrogen and oxygen atoms in total. The maximum absolute atomic E-state index is 11.9. The van der Waals surface area contributed by atoms with Crippen LogP contribution in [0.15, 0.2) is 48.8 Å². The van der Waals surface area contributed by atoms with Crippen LogP contribution in [0.4, 0.5) is 11.5 Å². The monoisotopic (exact) mass is 437 g/mol. The molecule has 1 N–H and O–H groups in total. The normalized spacial score (nSPS) is 16.1. The summed E-state index contributed by atoms with van der Waals surface area (Å²) < 4.78 is 5.32. The largest absolute Gasteiger partial charge is 0.495 e. The lowest BCUT2D eigenvalue weighted by Gasteiger charge is -2.31. The lowest BCUT2D eigenvalue weighted by Crippen LogP contribution is -2.38. The molecule has 0 saturated carbocycles. The van der Waals surface area contributed by atoms with Crippen LogP contribution in [0.3, 0.4) is 0 Å². The van der Waals surface area contributed by atoms with E-state index in [1.807, 2.05) is 41.3 Å². The molecular weight excluding hydrogens is 414 g/mol. The van der Waals surface area contributed by atoms with Crippen molar-refractivity contribution >= 4 is 29.0 Å². The van der Waals surface area contributed by atoms with Gasteiger partial charge in [-0.15, -0.1) is 0 Å². The number of anilines is 2. The Morgan fingerprint density at radius 1 is 1.23 bits per heavy atom. The third kappa shape index (κ3) is 5.11. The van der Waals surface area contributed by atoms with Gasteiger partial charge in [-0.2, -0.15) is 0 Å². The maximum Gasteiger partial charge on any atom is 0.219 e. The van der Waals surface area contributed by atoms with Crippen molar-refractivity contribution < 1.29 is 9.53 Å². The van der Waals surface area contributed by atoms with Crippen LogP contribution in [0.25, 0.3) is 11.3 Å². The fourth-order valence-electron chi connectivity index (χ4n) is 3.72. The number of carbonyl (C=O) groups is 1. The van der Waals surface area contributed by atoms with E-state index in [9.17, 15) is 4.79 Å². The van der Waals surface area contributed by atoms with Crippen molar-refractivity contribution in [1.29, 1.82) is 0 Å². The van der Waals surface area contributed by atoms with Crippen molar-refractivity contribution in [3.63, 3.8) is 0 Å². The molecule has 31 heavy (non-hydrogen) atoms. The van der Waals surface area contributed by atoms with Crippen molar-refractivity contribution in [2.75, 3.05) is 25.5 Å². The molecule has 1 atom stereocenters. The highest BCUT2D eigenvalue weighted by atomic mass is 35.5. The topological polar surface area (TPSA) is 80.2 Å². The number of ether oxygens (including phenoxy) is 1. The van der Waals surface area contributed by atoms with Gasteiger partial charge in [-0.1, -0.05) is 17.7 Å². The number of pyridine rings is 1. The third-order valence-corrected chi connectivity index (χ3v) is 5.55. The van der Waals surface area contributed by atoms with Gasteiger partial charge < -0.3 is 15.0 Å². The highest BCUT2D eigenvalue weighted by molar-refractivity contribution is 6.30. The molecule has 0 aliphatic carbocycles. The fourth-order valence-corrected chi connectivity index (χ4v) is 3.91. The Labute approximate surface area is 186 Å². The van der Waals surface area contributed by atoms with Crippen LogP contribution in [0.1, 0.15) is 31.5 Å². The van der Waals surface area contributed by atoms with Crippen LogP contribution in [-0.2, 0) is 4.79 Å². The minimum atomic E-state index is 0.0658. The highest BCUT2D eigenvalue weighted by Crippen LogP contribution is 2.30. The Balaban J connectivity index is 1.73. The standard InChI is InChI=1S/C23H24ClN5O2/c1-15(30)29-8-4-5-16(14-29)23-27-21(17-9-20(31-2)13-25-12-17)11-22(28-23)26-19-7-3-6-18(24)10-19/h3,6-7,9-13,16H,4-5,8,14H2,1-2H3,(H,26,27,28)/t16-/m1/s1. The molecule has 2 aromatic heterocycles. The van der Waals surface area contributed by atoms with E-state index in [0.29, 0.717) is 29.0 Å². The van der Waals surface area contributed by atoms with Crippen molar-refractivity contribution in [3.8, 4) is 17.0 Å². The Morgan fingerprint density at radius 3 is 2.87 bits per heavy atom. The molecule has 0 radical (unpaired) electrons. The summed E-state index contributed by atoms with van der Waals surface area (Å²) in [7, 11) is 1.61. The Bertz CT molecular complexity index is 1090. The summed E-state index contributed by atoms with van der Waals surface area (Å²) in [5.74, 6) is 2.16. The number of benzene rings is 1. The zero-order valence-electron chi connectivity index (χ0n) is 17.5. The molecule has 1 amide bonds. The summed E-state index contributed by atoms with van der Waals surface area (Å²) in [6.07, 6.45) is 5.26. The minimum Gasteiger partial charge on any atom is -0.495 e. The van der Waals surface area contributed by atoms with E-state index in [4.69, 9.17) is 26.3 Å². The number of nitrogens with zero attached hydrogens (tertiary/aromatic N) is 4. The first-order chi connectivity index (χ1) is 15.0. The summed E-state index contributed by atoms with van der Waals surface area (Å²) in [5, 5.41) is 3.97. The van der Waals surface area contributed by atoms with Gasteiger partial charge in [0.05, 0.1) is 19.0 Å². The summed E-state index contributed by atoms with van der Waals surface area (Å²) >= 11 is 6.14. The summed E-state index contributed by atoms with van der Waals surface area (Å²) in [5.41, 5.74) is 2.40. The predicted molar refractivity (Wildman–Crippen MR) is 121 cm³/mol. The molecule has 0 unspecified atom stereocenters. The number of methoxy groups -OCH3 is 1. The Hall–Kier alpha value is -3.19. The number of halogens is 1. The first-order valence-electron chi connectivity index (χ1n) is 10.2. The molecule has 3 heterocycles. The van der Waals surface area contributed by atoms with Crippen LogP contribution >= 0.6 is 11.6 Å². The van der Waals surface area contributed by atoms with Gasteiger partial charge in [-0.05, 0) is 37.1 Å². The number of likely N-dealkylation sites (tertiary alicyclic amines) is 1. The first kappa shape index (κ1) is 21.1. The van der Waals surface area contributed by atoms with Gasteiger partial charge in [-0.25, -0.2) is 9.97 Å². The van der Waals surface area contributed by atoms with Crippen LogP contribution < -0.4 is 10.1 Å². The third-order valence-electron chi connectivity index (χ3n) is 5.32. The number of hydrogen-bond acceptors (Lipinski definition) is 6. The molecule has 0 bridgehead atoms. The second-order valence-electron chi connectivity index (χ2n) is 7.55. The second kappa shape index (κ2) is 9.31. The minimum absolute atomic E-state index is 0.0658. The molecule has 4 rings (SSSR count). The van der Waals surface area contributed by atoms with E-state index in [1.54, 1.807) is 26.4 Å². The molecule has 8 heteroatoms. The van der Waals surface area contributed by atoms with Crippen molar-refractivity contribution in [1.82, 2.24) is 19.9 Å². The number of rotatable bonds is 5. The maximum atomic E-state index is 11.9. The molecule has 1 fully saturated rings. The molecule has 1 saturated heterocycles. The zero-order valence-corrected chi connectivity index (χ0v) is 18.3. The molecule has 1 aliphatic heterocycles. The zero-order chi connectivity index (χ0) is 21.8. The van der Waals surface area contributed by atoms with Gasteiger partial charge in [0.15, 0.2) is 0 Å². The molecule has 1 aliphatic rings. The van der Waals surface area contributed by atoms with Crippen molar-refractivity contribution in [2.24, 2.45) is 0 Å². The second-order valence-corrected chi connectivity index (χ2v) is 7.99.